The van der Waals surface area contributed by atoms with Gasteiger partial charge in [-0.15, -0.1) is 0 Å². The summed E-state index contributed by atoms with van der Waals surface area (Å²) in [7, 11) is 2.83. The molecule has 2 bridgehead atoms. The van der Waals surface area contributed by atoms with Crippen LogP contribution >= 0.6 is 0 Å². The number of fused-ring (bicyclic) bond motifs is 2. The Kier molecular flexibility index (Phi) is 8.21. The van der Waals surface area contributed by atoms with Crippen LogP contribution in [-0.2, 0) is 39.6 Å². The van der Waals surface area contributed by atoms with Gasteiger partial charge in [-0.2, -0.15) is 0 Å². The lowest BCUT2D eigenvalue weighted by molar-refractivity contribution is -0.146. The summed E-state index contributed by atoms with van der Waals surface area (Å²) in [5, 5.41) is 23.0. The first-order chi connectivity index (χ1) is 21.2. The lowest BCUT2D eigenvalue weighted by Crippen LogP contribution is -2.54. The number of benzene rings is 1. The molecule has 238 valence electrons. The lowest BCUT2D eigenvalue weighted by Gasteiger charge is -2.41. The molecule has 0 spiro atoms. The number of nitrogens with one attached hydrogen (secondary N) is 3. The number of hydrogen-bond acceptors (Lipinski definition) is 9. The van der Waals surface area contributed by atoms with Gasteiger partial charge in [0, 0.05) is 33.3 Å². The first-order valence-electron chi connectivity index (χ1n) is 14.4. The number of rotatable bonds is 7. The number of likely N-dealkylation sites (N-methyl/N-ethyl adjacent to an activating group) is 1. The third kappa shape index (κ3) is 5.89. The molecule has 3 aliphatic rings. The highest BCUT2D eigenvalue weighted by molar-refractivity contribution is 6.35. The maximum Gasteiger partial charge on any atom is 0.311 e. The molecule has 1 fully saturated rings. The Bertz CT molecular complexity index is 1760. The fraction of sp³-hybridized carbons (Fsp3) is 0.433. The molecular weight excluding hydrogens is 589 g/mol. The number of carbonyl (C=O) groups is 4. The van der Waals surface area contributed by atoms with Crippen molar-refractivity contribution in [2.45, 2.75) is 64.7 Å². The highest BCUT2D eigenvalue weighted by Crippen LogP contribution is 2.49. The van der Waals surface area contributed by atoms with Gasteiger partial charge in [-0.25, -0.2) is 9.37 Å². The van der Waals surface area contributed by atoms with Crippen molar-refractivity contribution in [3.05, 3.63) is 74.5 Å². The Labute approximate surface area is 257 Å². The average molecular weight is 624 g/mol. The second kappa shape index (κ2) is 11.8. The molecule has 45 heavy (non-hydrogen) atoms. The van der Waals surface area contributed by atoms with Crippen molar-refractivity contribution in [1.29, 1.82) is 0 Å². The SMILES string of the molecule is Cc1cc(CNC(=O)C23CCC(NC(=O)C(=O)N(C)C)(CC2)c2nc(C(=O)NCc4ccc(F)c(C)c4)c(O)c(=O)n2C3)no1. The van der Waals surface area contributed by atoms with Crippen molar-refractivity contribution in [1.82, 2.24) is 35.6 Å². The number of aromatic nitrogens is 3. The quantitative estimate of drug-likeness (QED) is 0.277. The Balaban J connectivity index is 1.51. The molecule has 6 rings (SSSR count). The van der Waals surface area contributed by atoms with Gasteiger partial charge >= 0.3 is 11.8 Å². The van der Waals surface area contributed by atoms with Gasteiger partial charge in [-0.1, -0.05) is 17.3 Å². The molecule has 15 heteroatoms. The largest absolute Gasteiger partial charge is 0.501 e. The van der Waals surface area contributed by atoms with Crippen LogP contribution in [-0.4, -0.2) is 62.4 Å². The zero-order valence-electron chi connectivity index (χ0n) is 25.3. The summed E-state index contributed by atoms with van der Waals surface area (Å²) in [6.07, 6.45) is 0.621. The van der Waals surface area contributed by atoms with E-state index in [9.17, 15) is 33.5 Å². The van der Waals surface area contributed by atoms with Gasteiger partial charge in [-0.05, 0) is 56.7 Å². The Morgan fingerprint density at radius 3 is 2.40 bits per heavy atom. The summed E-state index contributed by atoms with van der Waals surface area (Å²) in [5.74, 6) is -3.86. The molecule has 2 aromatic heterocycles. The molecule has 0 atom stereocenters. The van der Waals surface area contributed by atoms with E-state index in [1.54, 1.807) is 26.0 Å². The second-order valence-corrected chi connectivity index (χ2v) is 11.9. The molecule has 3 aromatic rings. The molecule has 4 amide bonds. The van der Waals surface area contributed by atoms with Crippen LogP contribution in [0.25, 0.3) is 0 Å². The zero-order valence-corrected chi connectivity index (χ0v) is 25.3. The van der Waals surface area contributed by atoms with E-state index in [0.29, 0.717) is 22.6 Å². The van der Waals surface area contributed by atoms with Crippen LogP contribution in [0.5, 0.6) is 5.75 Å². The Morgan fingerprint density at radius 1 is 1.07 bits per heavy atom. The normalized spacial score (nSPS) is 20.1. The lowest BCUT2D eigenvalue weighted by atomic mass is 9.67. The summed E-state index contributed by atoms with van der Waals surface area (Å²) >= 11 is 0. The molecule has 0 saturated heterocycles. The van der Waals surface area contributed by atoms with Gasteiger partial charge in [0.1, 0.15) is 23.1 Å². The average Bonchev–Trinajstić information content (AvgIpc) is 3.31. The minimum Gasteiger partial charge on any atom is -0.501 e. The van der Waals surface area contributed by atoms with E-state index in [0.717, 1.165) is 9.47 Å². The number of aromatic hydroxyl groups is 1. The molecule has 1 aromatic carbocycles. The van der Waals surface area contributed by atoms with Crippen molar-refractivity contribution in [2.24, 2.45) is 5.41 Å². The van der Waals surface area contributed by atoms with Crippen molar-refractivity contribution < 1.29 is 33.2 Å². The van der Waals surface area contributed by atoms with Crippen LogP contribution in [0.3, 0.4) is 0 Å². The predicted octanol–water partition coefficient (Wildman–Crippen LogP) is 0.913. The summed E-state index contributed by atoms with van der Waals surface area (Å²) in [5.41, 5.74) is -2.63. The van der Waals surface area contributed by atoms with E-state index >= 15 is 0 Å². The first kappa shape index (κ1) is 31.3. The minimum atomic E-state index is -1.40. The summed E-state index contributed by atoms with van der Waals surface area (Å²) in [6.45, 7) is 3.14. The first-order valence-corrected chi connectivity index (χ1v) is 14.4. The molecular formula is C30H34FN7O7. The molecule has 4 N–H and O–H groups in total. The maximum absolute atomic E-state index is 13.7. The molecule has 0 radical (unpaired) electrons. The number of halogens is 1. The van der Waals surface area contributed by atoms with Crippen molar-refractivity contribution in [3.8, 4) is 5.75 Å². The highest BCUT2D eigenvalue weighted by atomic mass is 19.1. The second-order valence-electron chi connectivity index (χ2n) is 11.9. The van der Waals surface area contributed by atoms with Crippen molar-refractivity contribution in [3.63, 3.8) is 0 Å². The highest BCUT2D eigenvalue weighted by Gasteiger charge is 2.55. The van der Waals surface area contributed by atoms with Crippen LogP contribution in [0.1, 0.15) is 64.6 Å². The predicted molar refractivity (Wildman–Crippen MR) is 155 cm³/mol. The topological polar surface area (TPSA) is 189 Å². The fourth-order valence-corrected chi connectivity index (χ4v) is 5.95. The third-order valence-corrected chi connectivity index (χ3v) is 8.53. The van der Waals surface area contributed by atoms with Gasteiger partial charge in [0.15, 0.2) is 5.69 Å². The van der Waals surface area contributed by atoms with Crippen LogP contribution < -0.4 is 21.5 Å². The van der Waals surface area contributed by atoms with Gasteiger partial charge in [-0.3, -0.25) is 28.5 Å². The van der Waals surface area contributed by atoms with Crippen LogP contribution in [0, 0.1) is 25.1 Å². The number of hydrogen-bond donors (Lipinski definition) is 4. The molecule has 14 nitrogen and oxygen atoms in total. The van der Waals surface area contributed by atoms with Gasteiger partial charge in [0.2, 0.25) is 11.7 Å². The molecule has 1 aliphatic carbocycles. The summed E-state index contributed by atoms with van der Waals surface area (Å²) < 4.78 is 19.9. The number of amides is 4. The maximum atomic E-state index is 13.7. The van der Waals surface area contributed by atoms with Gasteiger partial charge in [0.05, 0.1) is 17.5 Å². The minimum absolute atomic E-state index is 0.0486. The van der Waals surface area contributed by atoms with Crippen molar-refractivity contribution in [2.75, 3.05) is 14.1 Å². The van der Waals surface area contributed by atoms with Crippen LogP contribution in [0.2, 0.25) is 0 Å². The number of nitrogens with zero attached hydrogens (tertiary/aromatic N) is 4. The molecule has 1 saturated carbocycles. The molecule has 4 heterocycles. The number of carbonyl (C=O) groups excluding carboxylic acids is 4. The van der Waals surface area contributed by atoms with Crippen LogP contribution in [0.15, 0.2) is 33.6 Å². The smallest absolute Gasteiger partial charge is 0.311 e. The van der Waals surface area contributed by atoms with Crippen molar-refractivity contribution >= 4 is 23.6 Å². The van der Waals surface area contributed by atoms with E-state index in [1.165, 1.54) is 26.2 Å². The number of aryl methyl sites for hydroxylation is 2. The molecule has 0 unspecified atom stereocenters. The van der Waals surface area contributed by atoms with E-state index in [1.807, 2.05) is 0 Å². The summed E-state index contributed by atoms with van der Waals surface area (Å²) in [4.78, 5) is 71.7. The Hall–Kier alpha value is -5.08. The monoisotopic (exact) mass is 623 g/mol. The van der Waals surface area contributed by atoms with E-state index in [2.05, 4.69) is 26.1 Å². The van der Waals surface area contributed by atoms with Crippen LogP contribution in [0.4, 0.5) is 4.39 Å². The van der Waals surface area contributed by atoms with Gasteiger partial charge < -0.3 is 30.5 Å². The standard InChI is InChI=1S/C30H34FN7O7/c1-16-11-18(5-6-20(16)31)13-32-23(40)21-22(39)25(42)38-15-29(28(44)33-14-19-12-17(2)45-36-19)7-9-30(10-8-29,27(38)34-21)35-24(41)26(43)37(3)4/h5-6,11-12,39H,7-10,13-15H2,1-4H3,(H,32,40)(H,33,44)(H,35,41). The van der Waals surface area contributed by atoms with Gasteiger partial charge in [0.25, 0.3) is 11.5 Å². The zero-order chi connectivity index (χ0) is 32.7. The van der Waals surface area contributed by atoms with E-state index in [4.69, 9.17) is 4.52 Å². The summed E-state index contributed by atoms with van der Waals surface area (Å²) in [6, 6.07) is 5.98. The molecule has 2 aliphatic heterocycles. The Morgan fingerprint density at radius 2 is 1.78 bits per heavy atom. The third-order valence-electron chi connectivity index (χ3n) is 8.53. The van der Waals surface area contributed by atoms with E-state index in [-0.39, 0.29) is 57.0 Å². The van der Waals surface area contributed by atoms with E-state index < -0.39 is 51.5 Å². The fourth-order valence-electron chi connectivity index (χ4n) is 5.95.